The molecule has 26 heavy (non-hydrogen) atoms. The molecule has 0 aromatic heterocycles. The van der Waals surface area contributed by atoms with Crippen molar-refractivity contribution in [3.8, 4) is 6.07 Å². The fourth-order valence-corrected chi connectivity index (χ4v) is 2.79. The van der Waals surface area contributed by atoms with E-state index < -0.39 is 0 Å². The van der Waals surface area contributed by atoms with E-state index in [-0.39, 0.29) is 29.5 Å². The molecule has 2 atom stereocenters. The smallest absolute Gasteiger partial charge is 0.228 e. The van der Waals surface area contributed by atoms with E-state index in [1.54, 1.807) is 36.4 Å². The molecule has 6 heteroatoms. The molecule has 2 aromatic rings. The van der Waals surface area contributed by atoms with Crippen LogP contribution in [-0.2, 0) is 16.0 Å². The van der Waals surface area contributed by atoms with E-state index >= 15 is 0 Å². The second-order valence-electron chi connectivity index (χ2n) is 6.30. The first-order valence-corrected chi connectivity index (χ1v) is 8.40. The minimum absolute atomic E-state index is 0.141. The van der Waals surface area contributed by atoms with Crippen LogP contribution in [0.1, 0.15) is 17.5 Å². The molecule has 0 bridgehead atoms. The van der Waals surface area contributed by atoms with E-state index in [1.165, 1.54) is 12.1 Å². The van der Waals surface area contributed by atoms with Crippen molar-refractivity contribution in [3.05, 3.63) is 65.5 Å². The van der Waals surface area contributed by atoms with E-state index in [4.69, 9.17) is 5.26 Å². The summed E-state index contributed by atoms with van der Waals surface area (Å²) in [5.74, 6) is -1.30. The Hall–Kier alpha value is -3.20. The van der Waals surface area contributed by atoms with Crippen molar-refractivity contribution in [2.24, 2.45) is 11.8 Å². The van der Waals surface area contributed by atoms with Crippen molar-refractivity contribution in [1.29, 1.82) is 5.26 Å². The number of nitrogens with one attached hydrogen (secondary N) is 2. The summed E-state index contributed by atoms with van der Waals surface area (Å²) < 4.78 is 12.8. The Morgan fingerprint density at radius 3 is 2.58 bits per heavy atom. The van der Waals surface area contributed by atoms with Gasteiger partial charge >= 0.3 is 0 Å². The Morgan fingerprint density at radius 1 is 1.12 bits per heavy atom. The Morgan fingerprint density at radius 2 is 1.85 bits per heavy atom. The lowest BCUT2D eigenvalue weighted by atomic mass is 10.1. The van der Waals surface area contributed by atoms with E-state index in [9.17, 15) is 14.0 Å². The van der Waals surface area contributed by atoms with Crippen LogP contribution in [0.2, 0.25) is 0 Å². The summed E-state index contributed by atoms with van der Waals surface area (Å²) in [4.78, 5) is 24.3. The molecular weight excluding hydrogens is 333 g/mol. The largest absolute Gasteiger partial charge is 0.356 e. The Kier molecular flexibility index (Phi) is 5.28. The van der Waals surface area contributed by atoms with Crippen LogP contribution in [0.25, 0.3) is 0 Å². The number of carbonyl (C=O) groups excluding carboxylic acids is 2. The maximum absolute atomic E-state index is 12.8. The second-order valence-corrected chi connectivity index (χ2v) is 6.30. The monoisotopic (exact) mass is 351 g/mol. The van der Waals surface area contributed by atoms with Gasteiger partial charge in [-0.1, -0.05) is 18.2 Å². The van der Waals surface area contributed by atoms with Gasteiger partial charge in [0.15, 0.2) is 0 Å². The molecule has 3 rings (SSSR count). The number of anilines is 1. The van der Waals surface area contributed by atoms with Crippen LogP contribution in [0.3, 0.4) is 0 Å². The molecular formula is C20H18FN3O2. The van der Waals surface area contributed by atoms with Crippen LogP contribution in [0.15, 0.2) is 48.5 Å². The molecule has 2 unspecified atom stereocenters. The van der Waals surface area contributed by atoms with Gasteiger partial charge in [0.25, 0.3) is 0 Å². The Bertz CT molecular complexity index is 858. The normalized spacial score (nSPS) is 17.8. The molecule has 2 aromatic carbocycles. The van der Waals surface area contributed by atoms with Gasteiger partial charge in [0, 0.05) is 12.2 Å². The number of hydrogen-bond donors (Lipinski definition) is 2. The summed E-state index contributed by atoms with van der Waals surface area (Å²) in [6, 6.07) is 14.8. The van der Waals surface area contributed by atoms with Crippen molar-refractivity contribution in [3.63, 3.8) is 0 Å². The Labute approximate surface area is 150 Å². The maximum atomic E-state index is 12.8. The second kappa shape index (κ2) is 7.79. The Balaban J connectivity index is 1.43. The molecule has 1 aliphatic rings. The fraction of sp³-hybridized carbons (Fsp3) is 0.250. The standard InChI is InChI=1S/C20H18FN3O2/c21-15-6-4-13(5-7-15)8-9-23-19(25)17-11-18(17)20(26)24-16-3-1-2-14(10-16)12-22/h1-7,10,17-18H,8-9,11H2,(H,23,25)(H,24,26). The van der Waals surface area contributed by atoms with Crippen LogP contribution in [0, 0.1) is 29.0 Å². The minimum Gasteiger partial charge on any atom is -0.356 e. The summed E-state index contributed by atoms with van der Waals surface area (Å²) in [6.07, 6.45) is 1.13. The summed E-state index contributed by atoms with van der Waals surface area (Å²) in [5.41, 5.74) is 1.96. The third-order valence-corrected chi connectivity index (χ3v) is 4.35. The van der Waals surface area contributed by atoms with E-state index in [2.05, 4.69) is 10.6 Å². The molecule has 132 valence electrons. The van der Waals surface area contributed by atoms with Crippen LogP contribution in [0.4, 0.5) is 10.1 Å². The van der Waals surface area contributed by atoms with Crippen LogP contribution < -0.4 is 10.6 Å². The van der Waals surface area contributed by atoms with Gasteiger partial charge in [0.05, 0.1) is 23.5 Å². The number of rotatable bonds is 6. The summed E-state index contributed by atoms with van der Waals surface area (Å²) in [5, 5.41) is 14.4. The molecule has 1 aliphatic carbocycles. The zero-order valence-corrected chi connectivity index (χ0v) is 14.0. The van der Waals surface area contributed by atoms with E-state index in [1.807, 2.05) is 6.07 Å². The van der Waals surface area contributed by atoms with Crippen LogP contribution in [-0.4, -0.2) is 18.4 Å². The highest BCUT2D eigenvalue weighted by atomic mass is 19.1. The predicted octanol–water partition coefficient (Wildman–Crippen LogP) is 2.63. The van der Waals surface area contributed by atoms with Crippen molar-refractivity contribution >= 4 is 17.5 Å². The highest BCUT2D eigenvalue weighted by Crippen LogP contribution is 2.39. The van der Waals surface area contributed by atoms with Gasteiger partial charge in [-0.05, 0) is 48.7 Å². The summed E-state index contributed by atoms with van der Waals surface area (Å²) in [6.45, 7) is 0.444. The van der Waals surface area contributed by atoms with Gasteiger partial charge in [-0.2, -0.15) is 5.26 Å². The molecule has 5 nitrogen and oxygen atoms in total. The van der Waals surface area contributed by atoms with Crippen molar-refractivity contribution in [1.82, 2.24) is 5.32 Å². The molecule has 0 heterocycles. The SMILES string of the molecule is N#Cc1cccc(NC(=O)C2CC2C(=O)NCCc2ccc(F)cc2)c1. The predicted molar refractivity (Wildman–Crippen MR) is 94.5 cm³/mol. The zero-order chi connectivity index (χ0) is 18.5. The first-order valence-electron chi connectivity index (χ1n) is 8.40. The number of nitrogens with zero attached hydrogens (tertiary/aromatic N) is 1. The third-order valence-electron chi connectivity index (χ3n) is 4.35. The molecule has 2 N–H and O–H groups in total. The number of benzene rings is 2. The number of amides is 2. The van der Waals surface area contributed by atoms with Gasteiger partial charge in [0.1, 0.15) is 5.82 Å². The molecule has 0 aliphatic heterocycles. The van der Waals surface area contributed by atoms with Crippen molar-refractivity contribution in [2.45, 2.75) is 12.8 Å². The zero-order valence-electron chi connectivity index (χ0n) is 14.0. The first kappa shape index (κ1) is 17.6. The molecule has 1 fully saturated rings. The van der Waals surface area contributed by atoms with Gasteiger partial charge in [-0.3, -0.25) is 9.59 Å². The van der Waals surface area contributed by atoms with E-state index in [0.29, 0.717) is 30.6 Å². The molecule has 0 spiro atoms. The molecule has 2 amide bonds. The van der Waals surface area contributed by atoms with Gasteiger partial charge in [-0.15, -0.1) is 0 Å². The topological polar surface area (TPSA) is 82.0 Å². The molecule has 1 saturated carbocycles. The minimum atomic E-state index is -0.341. The lowest BCUT2D eigenvalue weighted by molar-refractivity contribution is -0.125. The van der Waals surface area contributed by atoms with Gasteiger partial charge in [-0.25, -0.2) is 4.39 Å². The quantitative estimate of drug-likeness (QED) is 0.839. The van der Waals surface area contributed by atoms with Crippen molar-refractivity contribution < 1.29 is 14.0 Å². The summed E-state index contributed by atoms with van der Waals surface area (Å²) >= 11 is 0. The fourth-order valence-electron chi connectivity index (χ4n) is 2.79. The molecule has 0 saturated heterocycles. The summed E-state index contributed by atoms with van der Waals surface area (Å²) in [7, 11) is 0. The average Bonchev–Trinajstić information content (AvgIpc) is 3.44. The first-order chi connectivity index (χ1) is 12.6. The van der Waals surface area contributed by atoms with Gasteiger partial charge < -0.3 is 10.6 Å². The molecule has 0 radical (unpaired) electrons. The van der Waals surface area contributed by atoms with Crippen LogP contribution in [0.5, 0.6) is 0 Å². The lowest BCUT2D eigenvalue weighted by Gasteiger charge is -2.07. The maximum Gasteiger partial charge on any atom is 0.228 e. The van der Waals surface area contributed by atoms with Gasteiger partial charge in [0.2, 0.25) is 11.8 Å². The third kappa shape index (κ3) is 4.45. The van der Waals surface area contributed by atoms with Crippen molar-refractivity contribution in [2.75, 3.05) is 11.9 Å². The lowest BCUT2D eigenvalue weighted by Crippen LogP contribution is -2.29. The average molecular weight is 351 g/mol. The highest BCUT2D eigenvalue weighted by molar-refractivity contribution is 5.99. The number of hydrogen-bond acceptors (Lipinski definition) is 3. The number of carbonyl (C=O) groups is 2. The number of nitriles is 1. The number of halogens is 1. The van der Waals surface area contributed by atoms with E-state index in [0.717, 1.165) is 5.56 Å². The van der Waals surface area contributed by atoms with Crippen LogP contribution >= 0.6 is 0 Å². The highest BCUT2D eigenvalue weighted by Gasteiger charge is 2.47.